The van der Waals surface area contributed by atoms with Crippen molar-refractivity contribution in [3.63, 3.8) is 0 Å². The molecule has 1 aromatic heterocycles. The van der Waals surface area contributed by atoms with Crippen LogP contribution in [0, 0.1) is 12.8 Å². The van der Waals surface area contributed by atoms with E-state index < -0.39 is 0 Å². The third-order valence-electron chi connectivity index (χ3n) is 2.69. The number of rotatable bonds is 3. The van der Waals surface area contributed by atoms with Crippen LogP contribution in [0.2, 0.25) is 0 Å². The van der Waals surface area contributed by atoms with E-state index in [1.54, 1.807) is 11.3 Å². The molecule has 0 amide bonds. The molecule has 2 rings (SSSR count). The zero-order valence-electron chi connectivity index (χ0n) is 10.8. The number of benzene rings is 1. The van der Waals surface area contributed by atoms with E-state index in [0.29, 0.717) is 5.92 Å². The fourth-order valence-corrected chi connectivity index (χ4v) is 2.93. The van der Waals surface area contributed by atoms with Crippen LogP contribution in [0.1, 0.15) is 18.9 Å². The molecule has 0 saturated heterocycles. The lowest BCUT2D eigenvalue weighted by Gasteiger charge is -2.23. The van der Waals surface area contributed by atoms with E-state index in [0.717, 1.165) is 28.4 Å². The number of fused-ring (bicyclic) bond motifs is 1. The van der Waals surface area contributed by atoms with Crippen molar-refractivity contribution in [2.24, 2.45) is 5.92 Å². The van der Waals surface area contributed by atoms with Gasteiger partial charge in [0.2, 0.25) is 0 Å². The Kier molecular flexibility index (Phi) is 3.24. The summed E-state index contributed by atoms with van der Waals surface area (Å²) in [6, 6.07) is 4.13. The molecule has 0 saturated carbocycles. The number of aromatic nitrogens is 1. The van der Waals surface area contributed by atoms with Crippen LogP contribution >= 0.6 is 11.3 Å². The van der Waals surface area contributed by atoms with E-state index in [1.165, 1.54) is 4.70 Å². The SMILES string of the molecule is Cc1nc2cc(N(C)CC(C)C)c(N)cc2s1. The lowest BCUT2D eigenvalue weighted by atomic mass is 10.2. The Morgan fingerprint density at radius 2 is 2.12 bits per heavy atom. The van der Waals surface area contributed by atoms with Gasteiger partial charge in [-0.15, -0.1) is 11.3 Å². The van der Waals surface area contributed by atoms with Crippen molar-refractivity contribution >= 4 is 32.9 Å². The number of nitrogen functional groups attached to an aromatic ring is 1. The molecule has 4 heteroatoms. The van der Waals surface area contributed by atoms with Gasteiger partial charge in [0.25, 0.3) is 0 Å². The third kappa shape index (κ3) is 2.52. The quantitative estimate of drug-likeness (QED) is 0.849. The standard InChI is InChI=1S/C13H19N3S/c1-8(2)7-16(4)12-6-11-13(5-10(12)14)17-9(3)15-11/h5-6,8H,7,14H2,1-4H3. The van der Waals surface area contributed by atoms with Gasteiger partial charge in [-0.25, -0.2) is 4.98 Å². The largest absolute Gasteiger partial charge is 0.397 e. The maximum Gasteiger partial charge on any atom is 0.0907 e. The third-order valence-corrected chi connectivity index (χ3v) is 3.63. The van der Waals surface area contributed by atoms with E-state index in [4.69, 9.17) is 5.73 Å². The molecule has 92 valence electrons. The minimum atomic E-state index is 0.618. The van der Waals surface area contributed by atoms with Crippen LogP contribution in [-0.2, 0) is 0 Å². The first-order valence-electron chi connectivity index (χ1n) is 5.85. The Balaban J connectivity index is 2.42. The molecule has 0 spiro atoms. The summed E-state index contributed by atoms with van der Waals surface area (Å²) in [6.45, 7) is 7.44. The first-order valence-corrected chi connectivity index (χ1v) is 6.67. The number of aryl methyl sites for hydroxylation is 1. The van der Waals surface area contributed by atoms with Gasteiger partial charge in [-0.05, 0) is 25.0 Å². The summed E-state index contributed by atoms with van der Waals surface area (Å²) in [7, 11) is 2.08. The van der Waals surface area contributed by atoms with Crippen molar-refractivity contribution in [1.29, 1.82) is 0 Å². The summed E-state index contributed by atoms with van der Waals surface area (Å²) < 4.78 is 1.17. The molecule has 1 heterocycles. The Morgan fingerprint density at radius 3 is 2.76 bits per heavy atom. The zero-order chi connectivity index (χ0) is 12.6. The van der Waals surface area contributed by atoms with Crippen molar-refractivity contribution in [1.82, 2.24) is 4.98 Å². The van der Waals surface area contributed by atoms with Crippen LogP contribution in [0.5, 0.6) is 0 Å². The Bertz CT molecular complexity index is 531. The summed E-state index contributed by atoms with van der Waals surface area (Å²) >= 11 is 1.69. The normalized spacial score (nSPS) is 11.4. The number of hydrogen-bond acceptors (Lipinski definition) is 4. The fourth-order valence-electron chi connectivity index (χ4n) is 2.07. The molecule has 0 radical (unpaired) electrons. The topological polar surface area (TPSA) is 42.2 Å². The highest BCUT2D eigenvalue weighted by Gasteiger charge is 2.10. The average molecular weight is 249 g/mol. The summed E-state index contributed by atoms with van der Waals surface area (Å²) in [5.74, 6) is 0.618. The summed E-state index contributed by atoms with van der Waals surface area (Å²) in [5, 5.41) is 1.09. The molecule has 0 aliphatic carbocycles. The van der Waals surface area contributed by atoms with Gasteiger partial charge in [0.1, 0.15) is 0 Å². The van der Waals surface area contributed by atoms with Gasteiger partial charge in [0.15, 0.2) is 0 Å². The number of nitrogens with zero attached hydrogens (tertiary/aromatic N) is 2. The Hall–Kier alpha value is -1.29. The molecular weight excluding hydrogens is 230 g/mol. The van der Waals surface area contributed by atoms with Crippen molar-refractivity contribution in [2.75, 3.05) is 24.2 Å². The minimum Gasteiger partial charge on any atom is -0.397 e. The number of nitrogens with two attached hydrogens (primary N) is 1. The van der Waals surface area contributed by atoms with Gasteiger partial charge in [-0.1, -0.05) is 13.8 Å². The average Bonchev–Trinajstić information content (AvgIpc) is 2.54. The monoisotopic (exact) mass is 249 g/mol. The molecule has 1 aromatic carbocycles. The lowest BCUT2D eigenvalue weighted by Crippen LogP contribution is -2.23. The second-order valence-electron chi connectivity index (χ2n) is 4.89. The maximum atomic E-state index is 6.11. The second-order valence-corrected chi connectivity index (χ2v) is 6.12. The van der Waals surface area contributed by atoms with Gasteiger partial charge in [0.05, 0.1) is 26.6 Å². The summed E-state index contributed by atoms with van der Waals surface area (Å²) in [4.78, 5) is 6.72. The molecule has 2 aromatic rings. The Labute approximate surface area is 106 Å². The Morgan fingerprint density at radius 1 is 1.41 bits per heavy atom. The minimum absolute atomic E-state index is 0.618. The van der Waals surface area contributed by atoms with E-state index in [9.17, 15) is 0 Å². The highest BCUT2D eigenvalue weighted by Crippen LogP contribution is 2.31. The number of anilines is 2. The van der Waals surface area contributed by atoms with Gasteiger partial charge >= 0.3 is 0 Å². The van der Waals surface area contributed by atoms with E-state index in [2.05, 4.69) is 36.8 Å². The zero-order valence-corrected chi connectivity index (χ0v) is 11.6. The van der Waals surface area contributed by atoms with Crippen LogP contribution in [0.3, 0.4) is 0 Å². The molecule has 0 atom stereocenters. The van der Waals surface area contributed by atoms with Gasteiger partial charge in [-0.2, -0.15) is 0 Å². The first-order chi connectivity index (χ1) is 7.97. The number of thiazole rings is 1. The van der Waals surface area contributed by atoms with Crippen molar-refractivity contribution < 1.29 is 0 Å². The molecule has 0 aliphatic rings. The molecule has 2 N–H and O–H groups in total. The molecule has 0 unspecified atom stereocenters. The molecule has 3 nitrogen and oxygen atoms in total. The molecular formula is C13H19N3S. The molecule has 0 fully saturated rings. The molecule has 17 heavy (non-hydrogen) atoms. The van der Waals surface area contributed by atoms with Crippen LogP contribution in [0.4, 0.5) is 11.4 Å². The van der Waals surface area contributed by atoms with E-state index in [1.807, 2.05) is 13.0 Å². The van der Waals surface area contributed by atoms with Crippen LogP contribution in [0.15, 0.2) is 12.1 Å². The predicted molar refractivity (Wildman–Crippen MR) is 76.9 cm³/mol. The maximum absolute atomic E-state index is 6.11. The van der Waals surface area contributed by atoms with Gasteiger partial charge in [-0.3, -0.25) is 0 Å². The lowest BCUT2D eigenvalue weighted by molar-refractivity contribution is 0.639. The summed E-state index contributed by atoms with van der Waals surface area (Å²) in [5.41, 5.74) is 9.08. The van der Waals surface area contributed by atoms with Crippen molar-refractivity contribution in [3.8, 4) is 0 Å². The highest BCUT2D eigenvalue weighted by molar-refractivity contribution is 7.18. The smallest absolute Gasteiger partial charge is 0.0907 e. The number of hydrogen-bond donors (Lipinski definition) is 1. The van der Waals surface area contributed by atoms with Crippen molar-refractivity contribution in [3.05, 3.63) is 17.1 Å². The van der Waals surface area contributed by atoms with E-state index >= 15 is 0 Å². The van der Waals surface area contributed by atoms with Crippen LogP contribution < -0.4 is 10.6 Å². The van der Waals surface area contributed by atoms with Crippen LogP contribution in [-0.4, -0.2) is 18.6 Å². The van der Waals surface area contributed by atoms with Crippen molar-refractivity contribution in [2.45, 2.75) is 20.8 Å². The fraction of sp³-hybridized carbons (Fsp3) is 0.462. The first kappa shape index (κ1) is 12.2. The highest BCUT2D eigenvalue weighted by atomic mass is 32.1. The van der Waals surface area contributed by atoms with Crippen LogP contribution in [0.25, 0.3) is 10.2 Å². The second kappa shape index (κ2) is 4.53. The van der Waals surface area contributed by atoms with E-state index in [-0.39, 0.29) is 0 Å². The van der Waals surface area contributed by atoms with Gasteiger partial charge < -0.3 is 10.6 Å². The van der Waals surface area contributed by atoms with Gasteiger partial charge in [0, 0.05) is 13.6 Å². The molecule has 0 bridgehead atoms. The summed E-state index contributed by atoms with van der Waals surface area (Å²) in [6.07, 6.45) is 0. The predicted octanol–water partition coefficient (Wildman–Crippen LogP) is 3.28. The molecule has 0 aliphatic heterocycles.